The van der Waals surface area contributed by atoms with E-state index in [0.29, 0.717) is 12.2 Å². The van der Waals surface area contributed by atoms with Crippen LogP contribution in [0.1, 0.15) is 31.0 Å². The number of hydrogen-bond donors (Lipinski definition) is 2. The van der Waals surface area contributed by atoms with E-state index < -0.39 is 12.1 Å². The summed E-state index contributed by atoms with van der Waals surface area (Å²) in [6, 6.07) is 6.81. The first kappa shape index (κ1) is 13.8. The molecule has 3 rings (SSSR count). The second-order valence-electron chi connectivity index (χ2n) is 5.34. The Kier molecular flexibility index (Phi) is 3.70. The fourth-order valence-electron chi connectivity index (χ4n) is 2.92. The van der Waals surface area contributed by atoms with Gasteiger partial charge in [-0.2, -0.15) is 0 Å². The Morgan fingerprint density at radius 3 is 3.00 bits per heavy atom. The third kappa shape index (κ3) is 2.67. The van der Waals surface area contributed by atoms with Gasteiger partial charge < -0.3 is 15.7 Å². The van der Waals surface area contributed by atoms with Crippen molar-refractivity contribution in [3.63, 3.8) is 0 Å². The quantitative estimate of drug-likeness (QED) is 0.882. The Morgan fingerprint density at radius 2 is 2.19 bits per heavy atom. The molecule has 1 fully saturated rings. The highest BCUT2D eigenvalue weighted by Gasteiger charge is 2.32. The van der Waals surface area contributed by atoms with Crippen molar-refractivity contribution < 1.29 is 9.90 Å². The molecule has 6 heteroatoms. The molecule has 2 aromatic rings. The number of carbonyl (C=O) groups is 1. The van der Waals surface area contributed by atoms with Gasteiger partial charge in [-0.3, -0.25) is 4.98 Å². The first-order valence-corrected chi connectivity index (χ1v) is 7.13. The highest BCUT2D eigenvalue weighted by atomic mass is 16.4. The highest BCUT2D eigenvalue weighted by Crippen LogP contribution is 2.27. The zero-order valence-electron chi connectivity index (χ0n) is 11.6. The maximum Gasteiger partial charge on any atom is 0.407 e. The monoisotopic (exact) mass is 286 g/mol. The molecule has 0 aromatic carbocycles. The van der Waals surface area contributed by atoms with Crippen LogP contribution in [0.2, 0.25) is 0 Å². The van der Waals surface area contributed by atoms with Crippen LogP contribution in [-0.4, -0.2) is 38.7 Å². The summed E-state index contributed by atoms with van der Waals surface area (Å²) in [5.74, 6) is 0. The summed E-state index contributed by atoms with van der Waals surface area (Å²) in [5, 5.41) is 9.32. The summed E-state index contributed by atoms with van der Waals surface area (Å²) >= 11 is 0. The average molecular weight is 286 g/mol. The van der Waals surface area contributed by atoms with Crippen molar-refractivity contribution in [2.75, 3.05) is 6.54 Å². The molecule has 0 radical (unpaired) electrons. The number of aromatic nitrogens is 2. The fraction of sp³-hybridized carbons (Fsp3) is 0.400. The van der Waals surface area contributed by atoms with Gasteiger partial charge in [0.2, 0.25) is 0 Å². The number of fused-ring (bicyclic) bond motifs is 1. The lowest BCUT2D eigenvalue weighted by molar-refractivity contribution is 0.0962. The molecule has 0 saturated carbocycles. The second kappa shape index (κ2) is 5.65. The summed E-state index contributed by atoms with van der Waals surface area (Å²) < 4.78 is 0. The number of rotatable bonds is 2. The zero-order valence-corrected chi connectivity index (χ0v) is 11.6. The number of amides is 1. The third-order valence-electron chi connectivity index (χ3n) is 4.03. The molecule has 1 aliphatic rings. The zero-order chi connectivity index (χ0) is 14.8. The molecule has 3 N–H and O–H groups in total. The molecule has 6 nitrogen and oxygen atoms in total. The largest absolute Gasteiger partial charge is 0.465 e. The van der Waals surface area contributed by atoms with Crippen LogP contribution in [0.4, 0.5) is 4.79 Å². The van der Waals surface area contributed by atoms with Crippen molar-refractivity contribution in [1.82, 2.24) is 14.9 Å². The van der Waals surface area contributed by atoms with Gasteiger partial charge in [-0.1, -0.05) is 0 Å². The van der Waals surface area contributed by atoms with E-state index in [2.05, 4.69) is 9.97 Å². The van der Waals surface area contributed by atoms with Crippen molar-refractivity contribution in [2.24, 2.45) is 5.73 Å². The Labute approximate surface area is 122 Å². The molecule has 110 valence electrons. The number of hydrogen-bond acceptors (Lipinski definition) is 4. The van der Waals surface area contributed by atoms with Crippen molar-refractivity contribution >= 4 is 17.1 Å². The fourth-order valence-corrected chi connectivity index (χ4v) is 2.92. The number of nitrogens with two attached hydrogens (primary N) is 1. The average Bonchev–Trinajstić information content (AvgIpc) is 2.53. The lowest BCUT2D eigenvalue weighted by atomic mass is 9.94. The van der Waals surface area contributed by atoms with Crippen LogP contribution >= 0.6 is 0 Å². The van der Waals surface area contributed by atoms with Gasteiger partial charge in [-0.05, 0) is 43.5 Å². The van der Waals surface area contributed by atoms with Gasteiger partial charge in [0.15, 0.2) is 0 Å². The van der Waals surface area contributed by atoms with E-state index in [0.717, 1.165) is 30.3 Å². The number of pyridine rings is 2. The van der Waals surface area contributed by atoms with E-state index >= 15 is 0 Å². The van der Waals surface area contributed by atoms with Gasteiger partial charge in [0, 0.05) is 12.7 Å². The Bertz CT molecular complexity index is 661. The molecule has 1 aliphatic heterocycles. The molecule has 3 heterocycles. The maximum absolute atomic E-state index is 11.4. The van der Waals surface area contributed by atoms with Gasteiger partial charge in [0.25, 0.3) is 0 Å². The Morgan fingerprint density at radius 1 is 1.33 bits per heavy atom. The summed E-state index contributed by atoms with van der Waals surface area (Å²) in [7, 11) is 0. The number of nitrogens with zero attached hydrogens (tertiary/aromatic N) is 3. The normalized spacial score (nSPS) is 20.4. The van der Waals surface area contributed by atoms with E-state index in [4.69, 9.17) is 5.73 Å². The molecule has 2 atom stereocenters. The van der Waals surface area contributed by atoms with Gasteiger partial charge >= 0.3 is 6.09 Å². The van der Waals surface area contributed by atoms with Crippen LogP contribution in [-0.2, 0) is 0 Å². The van der Waals surface area contributed by atoms with Crippen LogP contribution in [0.3, 0.4) is 0 Å². The first-order valence-electron chi connectivity index (χ1n) is 7.13. The van der Waals surface area contributed by atoms with Gasteiger partial charge in [-0.15, -0.1) is 0 Å². The molecule has 2 aromatic heterocycles. The van der Waals surface area contributed by atoms with Crippen LogP contribution in [0.5, 0.6) is 0 Å². The van der Waals surface area contributed by atoms with Crippen LogP contribution in [0, 0.1) is 0 Å². The standard InChI is InChI=1S/C15H18N4O2/c16-14(13-5-1-2-9-19(13)15(20)21)12-7-6-10-11(18-12)4-3-8-17-10/h3-4,6-8,13-14H,1-2,5,9,16H2,(H,20,21)/t13-,14?/m0/s1. The van der Waals surface area contributed by atoms with Crippen molar-refractivity contribution in [1.29, 1.82) is 0 Å². The van der Waals surface area contributed by atoms with E-state index in [1.165, 1.54) is 4.90 Å². The summed E-state index contributed by atoms with van der Waals surface area (Å²) in [5.41, 5.74) is 8.61. The van der Waals surface area contributed by atoms with Crippen LogP contribution in [0.15, 0.2) is 30.5 Å². The predicted octanol–water partition coefficient (Wildman–Crippen LogP) is 2.16. The minimum Gasteiger partial charge on any atom is -0.465 e. The van der Waals surface area contributed by atoms with Gasteiger partial charge in [0.05, 0.1) is 28.8 Å². The molecule has 0 aliphatic carbocycles. The molecule has 1 amide bonds. The van der Waals surface area contributed by atoms with Gasteiger partial charge in [-0.25, -0.2) is 9.78 Å². The number of piperidine rings is 1. The molecule has 21 heavy (non-hydrogen) atoms. The summed E-state index contributed by atoms with van der Waals surface area (Å²) in [6.07, 6.45) is 3.48. The van der Waals surface area contributed by atoms with Crippen molar-refractivity contribution in [2.45, 2.75) is 31.3 Å². The topological polar surface area (TPSA) is 92.3 Å². The SMILES string of the molecule is NC(c1ccc2ncccc2n1)[C@@H]1CCCCN1C(=O)O. The molecule has 0 spiro atoms. The Hall–Kier alpha value is -2.21. The van der Waals surface area contributed by atoms with E-state index in [9.17, 15) is 9.90 Å². The maximum atomic E-state index is 11.4. The van der Waals surface area contributed by atoms with Crippen molar-refractivity contribution in [3.8, 4) is 0 Å². The van der Waals surface area contributed by atoms with E-state index in [1.54, 1.807) is 6.20 Å². The molecule has 1 unspecified atom stereocenters. The lowest BCUT2D eigenvalue weighted by Crippen LogP contribution is -2.48. The predicted molar refractivity (Wildman–Crippen MR) is 78.8 cm³/mol. The molecule has 1 saturated heterocycles. The highest BCUT2D eigenvalue weighted by molar-refractivity contribution is 5.73. The van der Waals surface area contributed by atoms with E-state index in [1.807, 2.05) is 24.3 Å². The Balaban J connectivity index is 1.91. The minimum atomic E-state index is -0.905. The summed E-state index contributed by atoms with van der Waals surface area (Å²) in [4.78, 5) is 21.6. The molecular weight excluding hydrogens is 268 g/mol. The first-order chi connectivity index (χ1) is 10.2. The molecule has 0 bridgehead atoms. The molecular formula is C15H18N4O2. The second-order valence-corrected chi connectivity index (χ2v) is 5.34. The lowest BCUT2D eigenvalue weighted by Gasteiger charge is -2.36. The van der Waals surface area contributed by atoms with Crippen LogP contribution in [0.25, 0.3) is 11.0 Å². The van der Waals surface area contributed by atoms with E-state index in [-0.39, 0.29) is 6.04 Å². The van der Waals surface area contributed by atoms with Gasteiger partial charge in [0.1, 0.15) is 0 Å². The third-order valence-corrected chi connectivity index (χ3v) is 4.03. The number of carboxylic acid groups (broad SMARTS) is 1. The van der Waals surface area contributed by atoms with Crippen molar-refractivity contribution in [3.05, 3.63) is 36.2 Å². The minimum absolute atomic E-state index is 0.210. The smallest absolute Gasteiger partial charge is 0.407 e. The van der Waals surface area contributed by atoms with Crippen LogP contribution < -0.4 is 5.73 Å². The summed E-state index contributed by atoms with van der Waals surface area (Å²) in [6.45, 7) is 0.544. The number of likely N-dealkylation sites (tertiary alicyclic amines) is 1.